The van der Waals surface area contributed by atoms with Crippen LogP contribution in [0.5, 0.6) is 5.75 Å². The van der Waals surface area contributed by atoms with Crippen molar-refractivity contribution in [2.24, 2.45) is 0 Å². The van der Waals surface area contributed by atoms with Crippen LogP contribution >= 0.6 is 0 Å². The molecule has 2 fully saturated rings. The molecule has 0 saturated carbocycles. The summed E-state index contributed by atoms with van der Waals surface area (Å²) in [6, 6.07) is 30.0. The quantitative estimate of drug-likeness (QED) is 0.205. The monoisotopic (exact) mass is 618 g/mol. The summed E-state index contributed by atoms with van der Waals surface area (Å²) in [4.78, 5) is 7.83. The molecule has 0 spiro atoms. The third-order valence-electron chi connectivity index (χ3n) is 8.40. The molecule has 2 aliphatic heterocycles. The molecule has 45 heavy (non-hydrogen) atoms. The lowest BCUT2D eigenvalue weighted by atomic mass is 10.0. The van der Waals surface area contributed by atoms with Crippen molar-refractivity contribution in [2.45, 2.75) is 30.4 Å². The van der Waals surface area contributed by atoms with E-state index in [2.05, 4.69) is 41.3 Å². The Labute approximate surface area is 265 Å². The number of hydrogen-bond donors (Lipinski definition) is 0. The van der Waals surface area contributed by atoms with E-state index in [9.17, 15) is 9.47 Å². The largest absolute Gasteiger partial charge is 0.489 e. The van der Waals surface area contributed by atoms with Gasteiger partial charge in [-0.25, -0.2) is 13.2 Å². The van der Waals surface area contributed by atoms with Gasteiger partial charge in [-0.3, -0.25) is 4.90 Å². The number of ether oxygens (including phenoxy) is 3. The standard InChI is InChI=1S/C36H34N4O4S/c37-24-29-22-28(10-11-35(29)44-30-13-18-42-19-14-30)32-12-15-38-36-33(32)23-34(40(36)45(41)31-4-2-1-3-5-31)27-8-6-26(7-9-27)25-39-16-20-43-21-17-39/h1-12,15,22-23,30H,13-14,16-21,25H2. The fourth-order valence-electron chi connectivity index (χ4n) is 6.00. The fraction of sp³-hybridized carbons (Fsp3) is 0.278. The van der Waals surface area contributed by atoms with E-state index in [4.69, 9.17) is 19.2 Å². The molecule has 0 amide bonds. The number of benzene rings is 3. The van der Waals surface area contributed by atoms with E-state index in [-0.39, 0.29) is 6.10 Å². The molecular weight excluding hydrogens is 584 g/mol. The molecule has 0 N–H and O–H groups in total. The number of pyridine rings is 1. The molecule has 4 heterocycles. The van der Waals surface area contributed by atoms with Crippen molar-refractivity contribution >= 4 is 22.0 Å². The Bertz CT molecular complexity index is 1850. The molecule has 3 aromatic carbocycles. The summed E-state index contributed by atoms with van der Waals surface area (Å²) in [7, 11) is -1.54. The van der Waals surface area contributed by atoms with Gasteiger partial charge in [-0.1, -0.05) is 48.5 Å². The molecular formula is C36H34N4O4S. The van der Waals surface area contributed by atoms with Crippen LogP contribution in [0.15, 0.2) is 96.0 Å². The van der Waals surface area contributed by atoms with Crippen molar-refractivity contribution in [1.82, 2.24) is 13.9 Å². The maximum Gasteiger partial charge on any atom is 0.158 e. The summed E-state index contributed by atoms with van der Waals surface area (Å²) >= 11 is 0. The molecule has 9 heteroatoms. The zero-order valence-corrected chi connectivity index (χ0v) is 25.7. The van der Waals surface area contributed by atoms with Gasteiger partial charge in [0.2, 0.25) is 0 Å². The molecule has 2 aromatic heterocycles. The fourth-order valence-corrected chi connectivity index (χ4v) is 7.24. The van der Waals surface area contributed by atoms with E-state index in [1.165, 1.54) is 5.56 Å². The van der Waals surface area contributed by atoms with E-state index < -0.39 is 11.0 Å². The third kappa shape index (κ3) is 6.28. The topological polar surface area (TPSA) is 89.6 Å². The first-order chi connectivity index (χ1) is 22.2. The lowest BCUT2D eigenvalue weighted by molar-refractivity contribution is 0.0254. The lowest BCUT2D eigenvalue weighted by Crippen LogP contribution is -2.35. The molecule has 1 unspecified atom stereocenters. The Hall–Kier alpha value is -4.33. The minimum absolute atomic E-state index is 0.0362. The Balaban J connectivity index is 1.29. The van der Waals surface area contributed by atoms with Gasteiger partial charge in [0.1, 0.15) is 17.9 Å². The maximum atomic E-state index is 14.2. The number of fused-ring (bicyclic) bond motifs is 1. The van der Waals surface area contributed by atoms with Crippen LogP contribution in [0.4, 0.5) is 0 Å². The van der Waals surface area contributed by atoms with Gasteiger partial charge in [-0.2, -0.15) is 5.26 Å². The molecule has 228 valence electrons. The highest BCUT2D eigenvalue weighted by atomic mass is 32.2. The van der Waals surface area contributed by atoms with Gasteiger partial charge >= 0.3 is 0 Å². The Morgan fingerprint density at radius 1 is 0.889 bits per heavy atom. The average molecular weight is 619 g/mol. The second-order valence-corrected chi connectivity index (χ2v) is 12.7. The zero-order valence-electron chi connectivity index (χ0n) is 24.9. The molecule has 2 saturated heterocycles. The number of nitrogens with zero attached hydrogens (tertiary/aromatic N) is 4. The SMILES string of the molecule is N#Cc1cc(-c2ccnc3c2cc(-c2ccc(CN4CCOCC4)cc2)n3S(=O)c2ccccc2)ccc1OC1CCOCC1. The minimum Gasteiger partial charge on any atom is -0.489 e. The van der Waals surface area contributed by atoms with Crippen molar-refractivity contribution in [2.75, 3.05) is 39.5 Å². The van der Waals surface area contributed by atoms with Crippen molar-refractivity contribution in [3.63, 3.8) is 0 Å². The van der Waals surface area contributed by atoms with Crippen LogP contribution in [0, 0.1) is 11.3 Å². The van der Waals surface area contributed by atoms with Gasteiger partial charge in [0.15, 0.2) is 16.6 Å². The smallest absolute Gasteiger partial charge is 0.158 e. The van der Waals surface area contributed by atoms with Gasteiger partial charge in [0.25, 0.3) is 0 Å². The summed E-state index contributed by atoms with van der Waals surface area (Å²) in [6.45, 7) is 5.58. The van der Waals surface area contributed by atoms with Crippen LogP contribution in [0.3, 0.4) is 0 Å². The third-order valence-corrected chi connectivity index (χ3v) is 9.78. The molecule has 0 radical (unpaired) electrons. The Morgan fingerprint density at radius 2 is 1.62 bits per heavy atom. The Kier molecular flexibility index (Phi) is 8.71. The van der Waals surface area contributed by atoms with Gasteiger partial charge in [-0.05, 0) is 58.7 Å². The van der Waals surface area contributed by atoms with Gasteiger partial charge in [0, 0.05) is 44.1 Å². The van der Waals surface area contributed by atoms with Crippen molar-refractivity contribution < 1.29 is 18.4 Å². The molecule has 5 aromatic rings. The van der Waals surface area contributed by atoms with E-state index >= 15 is 0 Å². The van der Waals surface area contributed by atoms with Crippen LogP contribution in [-0.4, -0.2) is 63.7 Å². The summed E-state index contributed by atoms with van der Waals surface area (Å²) in [5, 5.41) is 10.9. The Morgan fingerprint density at radius 3 is 2.38 bits per heavy atom. The number of morpholine rings is 1. The highest BCUT2D eigenvalue weighted by Gasteiger charge is 2.22. The second-order valence-electron chi connectivity index (χ2n) is 11.3. The number of rotatable bonds is 8. The average Bonchev–Trinajstić information content (AvgIpc) is 3.50. The predicted molar refractivity (Wildman–Crippen MR) is 174 cm³/mol. The van der Waals surface area contributed by atoms with Crippen LogP contribution in [0.1, 0.15) is 24.0 Å². The molecule has 7 rings (SSSR count). The van der Waals surface area contributed by atoms with E-state index in [0.29, 0.717) is 35.1 Å². The van der Waals surface area contributed by atoms with Crippen LogP contribution < -0.4 is 4.74 Å². The van der Waals surface area contributed by atoms with E-state index in [0.717, 1.165) is 73.5 Å². The van der Waals surface area contributed by atoms with Gasteiger partial charge in [0.05, 0.1) is 42.6 Å². The molecule has 0 aliphatic carbocycles. The van der Waals surface area contributed by atoms with E-state index in [1.54, 1.807) is 6.20 Å². The van der Waals surface area contributed by atoms with Gasteiger partial charge < -0.3 is 14.2 Å². The highest BCUT2D eigenvalue weighted by Crippen LogP contribution is 2.37. The van der Waals surface area contributed by atoms with Crippen LogP contribution in [0.2, 0.25) is 0 Å². The second kappa shape index (κ2) is 13.3. The maximum absolute atomic E-state index is 14.2. The van der Waals surface area contributed by atoms with Crippen molar-refractivity contribution in [3.8, 4) is 34.2 Å². The first kappa shape index (κ1) is 29.4. The summed E-state index contributed by atoms with van der Waals surface area (Å²) in [5.74, 6) is 0.582. The van der Waals surface area contributed by atoms with E-state index in [1.807, 2.05) is 58.6 Å². The normalized spacial score (nSPS) is 16.8. The highest BCUT2D eigenvalue weighted by molar-refractivity contribution is 7.83. The summed E-state index contributed by atoms with van der Waals surface area (Å²) < 4.78 is 33.2. The van der Waals surface area contributed by atoms with Crippen molar-refractivity contribution in [3.05, 3.63) is 102 Å². The van der Waals surface area contributed by atoms with Gasteiger partial charge in [-0.15, -0.1) is 0 Å². The molecule has 0 bridgehead atoms. The summed E-state index contributed by atoms with van der Waals surface area (Å²) in [6.07, 6.45) is 3.39. The van der Waals surface area contributed by atoms with Crippen LogP contribution in [-0.2, 0) is 27.0 Å². The number of hydrogen-bond acceptors (Lipinski definition) is 7. The minimum atomic E-state index is -1.54. The molecule has 1 atom stereocenters. The first-order valence-electron chi connectivity index (χ1n) is 15.3. The zero-order chi connectivity index (χ0) is 30.6. The van der Waals surface area contributed by atoms with Crippen molar-refractivity contribution in [1.29, 1.82) is 5.26 Å². The summed E-state index contributed by atoms with van der Waals surface area (Å²) in [5.41, 5.74) is 5.85. The first-order valence-corrected chi connectivity index (χ1v) is 16.4. The molecule has 2 aliphatic rings. The number of aromatic nitrogens is 2. The molecule has 8 nitrogen and oxygen atoms in total. The van der Waals surface area contributed by atoms with Crippen LogP contribution in [0.25, 0.3) is 33.4 Å². The number of nitriles is 1. The lowest BCUT2D eigenvalue weighted by Gasteiger charge is -2.26. The predicted octanol–water partition coefficient (Wildman–Crippen LogP) is 6.20.